The number of aliphatic carboxylic acids is 1. The zero-order valence-corrected chi connectivity index (χ0v) is 11.8. The van der Waals surface area contributed by atoms with Crippen LogP contribution in [0.4, 0.5) is 5.69 Å². The highest BCUT2D eigenvalue weighted by Crippen LogP contribution is 2.35. The third-order valence-corrected chi connectivity index (χ3v) is 3.33. The summed E-state index contributed by atoms with van der Waals surface area (Å²) in [6, 6.07) is 10.5. The first-order chi connectivity index (χ1) is 11.0. The van der Waals surface area contributed by atoms with Gasteiger partial charge in [-0.15, -0.1) is 0 Å². The van der Waals surface area contributed by atoms with Gasteiger partial charge < -0.3 is 14.6 Å². The molecule has 116 valence electrons. The van der Waals surface area contributed by atoms with Crippen LogP contribution in [0.2, 0.25) is 0 Å². The number of hydrogen-bond acceptors (Lipinski definition) is 5. The SMILES string of the molecule is O=C(O)/C(=C\c1ccc([N+](=O)[O-])cc1)c1ccc2c(c1)OCO2. The molecule has 0 bridgehead atoms. The van der Waals surface area contributed by atoms with Crippen molar-refractivity contribution < 1.29 is 24.3 Å². The molecule has 0 spiro atoms. The largest absolute Gasteiger partial charge is 0.478 e. The number of rotatable bonds is 4. The van der Waals surface area contributed by atoms with Gasteiger partial charge in [-0.3, -0.25) is 10.1 Å². The quantitative estimate of drug-likeness (QED) is 0.403. The van der Waals surface area contributed by atoms with Gasteiger partial charge >= 0.3 is 5.97 Å². The van der Waals surface area contributed by atoms with Crippen LogP contribution < -0.4 is 9.47 Å². The second-order valence-electron chi connectivity index (χ2n) is 4.78. The number of nitro groups is 1. The Hall–Kier alpha value is -3.35. The topological polar surface area (TPSA) is 98.9 Å². The van der Waals surface area contributed by atoms with Gasteiger partial charge in [0, 0.05) is 12.1 Å². The van der Waals surface area contributed by atoms with Crippen LogP contribution in [0.15, 0.2) is 42.5 Å². The van der Waals surface area contributed by atoms with Gasteiger partial charge in [0.1, 0.15) is 0 Å². The first-order valence-electron chi connectivity index (χ1n) is 6.64. The Morgan fingerprint density at radius 1 is 1.13 bits per heavy atom. The van der Waals surface area contributed by atoms with Crippen molar-refractivity contribution in [2.24, 2.45) is 0 Å². The Kier molecular flexibility index (Phi) is 3.68. The summed E-state index contributed by atoms with van der Waals surface area (Å²) >= 11 is 0. The lowest BCUT2D eigenvalue weighted by Crippen LogP contribution is -1.99. The van der Waals surface area contributed by atoms with Crippen molar-refractivity contribution in [1.82, 2.24) is 0 Å². The highest BCUT2D eigenvalue weighted by atomic mass is 16.7. The van der Waals surface area contributed by atoms with Crippen molar-refractivity contribution in [2.75, 3.05) is 6.79 Å². The minimum atomic E-state index is -1.11. The molecular formula is C16H11NO6. The molecule has 7 nitrogen and oxygen atoms in total. The van der Waals surface area contributed by atoms with E-state index in [1.807, 2.05) is 0 Å². The summed E-state index contributed by atoms with van der Waals surface area (Å²) in [6.07, 6.45) is 1.45. The highest BCUT2D eigenvalue weighted by Gasteiger charge is 2.17. The number of benzene rings is 2. The van der Waals surface area contributed by atoms with Crippen molar-refractivity contribution in [1.29, 1.82) is 0 Å². The van der Waals surface area contributed by atoms with Gasteiger partial charge in [0.25, 0.3) is 5.69 Å². The summed E-state index contributed by atoms with van der Waals surface area (Å²) < 4.78 is 10.4. The minimum absolute atomic E-state index is 0.0529. The molecule has 0 amide bonds. The van der Waals surface area contributed by atoms with E-state index >= 15 is 0 Å². The molecule has 0 unspecified atom stereocenters. The lowest BCUT2D eigenvalue weighted by atomic mass is 10.0. The fraction of sp³-hybridized carbons (Fsp3) is 0.0625. The van der Waals surface area contributed by atoms with Gasteiger partial charge in [-0.2, -0.15) is 0 Å². The maximum atomic E-state index is 11.5. The number of fused-ring (bicyclic) bond motifs is 1. The van der Waals surface area contributed by atoms with E-state index in [1.165, 1.54) is 30.3 Å². The molecule has 0 saturated carbocycles. The number of nitrogens with zero attached hydrogens (tertiary/aromatic N) is 1. The van der Waals surface area contributed by atoms with Crippen molar-refractivity contribution >= 4 is 23.3 Å². The molecule has 0 aromatic heterocycles. The summed E-state index contributed by atoms with van der Waals surface area (Å²) in [6.45, 7) is 0.104. The Labute approximate surface area is 130 Å². The molecule has 1 aliphatic heterocycles. The van der Waals surface area contributed by atoms with E-state index in [9.17, 15) is 20.0 Å². The van der Waals surface area contributed by atoms with Crippen molar-refractivity contribution in [3.05, 3.63) is 63.7 Å². The highest BCUT2D eigenvalue weighted by molar-refractivity contribution is 6.20. The maximum Gasteiger partial charge on any atom is 0.336 e. The Balaban J connectivity index is 1.98. The van der Waals surface area contributed by atoms with Crippen LogP contribution in [0.5, 0.6) is 11.5 Å². The third kappa shape index (κ3) is 2.98. The molecule has 0 radical (unpaired) electrons. The van der Waals surface area contributed by atoms with E-state index in [0.29, 0.717) is 22.6 Å². The van der Waals surface area contributed by atoms with E-state index in [1.54, 1.807) is 18.2 Å². The van der Waals surface area contributed by atoms with Gasteiger partial charge in [-0.25, -0.2) is 4.79 Å². The second kappa shape index (κ2) is 5.80. The van der Waals surface area contributed by atoms with Crippen LogP contribution in [0.25, 0.3) is 11.6 Å². The van der Waals surface area contributed by atoms with E-state index in [0.717, 1.165) is 0 Å². The summed E-state index contributed by atoms with van der Waals surface area (Å²) in [5, 5.41) is 20.1. The monoisotopic (exact) mass is 313 g/mol. The number of hydrogen-bond donors (Lipinski definition) is 1. The molecule has 7 heteroatoms. The zero-order valence-electron chi connectivity index (χ0n) is 11.8. The van der Waals surface area contributed by atoms with Gasteiger partial charge in [-0.05, 0) is 41.5 Å². The van der Waals surface area contributed by atoms with E-state index in [2.05, 4.69) is 0 Å². The fourth-order valence-corrected chi connectivity index (χ4v) is 2.19. The molecule has 2 aromatic carbocycles. The first-order valence-corrected chi connectivity index (χ1v) is 6.64. The Morgan fingerprint density at radius 2 is 1.83 bits per heavy atom. The summed E-state index contributed by atoms with van der Waals surface area (Å²) in [7, 11) is 0. The van der Waals surface area contributed by atoms with E-state index in [4.69, 9.17) is 9.47 Å². The van der Waals surface area contributed by atoms with Gasteiger partial charge in [0.15, 0.2) is 11.5 Å². The third-order valence-electron chi connectivity index (χ3n) is 3.33. The lowest BCUT2D eigenvalue weighted by Gasteiger charge is -2.05. The van der Waals surface area contributed by atoms with Crippen molar-refractivity contribution in [3.8, 4) is 11.5 Å². The molecule has 0 atom stereocenters. The summed E-state index contributed by atoms with van der Waals surface area (Å²) in [5.74, 6) is -0.0607. The van der Waals surface area contributed by atoms with Gasteiger partial charge in [0.2, 0.25) is 6.79 Å². The molecule has 23 heavy (non-hydrogen) atoms. The predicted octanol–water partition coefficient (Wildman–Crippen LogP) is 2.95. The van der Waals surface area contributed by atoms with Crippen LogP contribution in [-0.2, 0) is 4.79 Å². The van der Waals surface area contributed by atoms with Crippen LogP contribution in [0, 0.1) is 10.1 Å². The minimum Gasteiger partial charge on any atom is -0.478 e. The number of nitro benzene ring substituents is 1. The first kappa shape index (κ1) is 14.6. The van der Waals surface area contributed by atoms with Crippen LogP contribution >= 0.6 is 0 Å². The summed E-state index contributed by atoms with van der Waals surface area (Å²) in [5.41, 5.74) is 1.00. The van der Waals surface area contributed by atoms with Crippen molar-refractivity contribution in [2.45, 2.75) is 0 Å². The molecule has 1 N–H and O–H groups in total. The zero-order chi connectivity index (χ0) is 16.4. The molecular weight excluding hydrogens is 302 g/mol. The molecule has 2 aromatic rings. The van der Waals surface area contributed by atoms with Crippen LogP contribution in [0.3, 0.4) is 0 Å². The number of carboxylic acid groups (broad SMARTS) is 1. The predicted molar refractivity (Wildman–Crippen MR) is 81.2 cm³/mol. The smallest absolute Gasteiger partial charge is 0.336 e. The van der Waals surface area contributed by atoms with Crippen molar-refractivity contribution in [3.63, 3.8) is 0 Å². The normalized spacial score (nSPS) is 13.0. The fourth-order valence-electron chi connectivity index (χ4n) is 2.19. The van der Waals surface area contributed by atoms with E-state index < -0.39 is 10.9 Å². The number of ether oxygens (including phenoxy) is 2. The lowest BCUT2D eigenvalue weighted by molar-refractivity contribution is -0.384. The maximum absolute atomic E-state index is 11.5. The molecule has 0 saturated heterocycles. The van der Waals surface area contributed by atoms with Gasteiger partial charge in [0.05, 0.1) is 10.5 Å². The average Bonchev–Trinajstić information content (AvgIpc) is 3.00. The average molecular weight is 313 g/mol. The Morgan fingerprint density at radius 3 is 2.48 bits per heavy atom. The Bertz CT molecular complexity index is 810. The molecule has 3 rings (SSSR count). The number of carboxylic acids is 1. The number of carbonyl (C=O) groups is 1. The molecule has 1 aliphatic rings. The standard InChI is InChI=1S/C16H11NO6/c18-16(19)13(7-10-1-4-12(5-2-10)17(20)21)11-3-6-14-15(8-11)23-9-22-14/h1-8H,9H2,(H,18,19)/b13-7-. The molecule has 0 fully saturated rings. The second-order valence-corrected chi connectivity index (χ2v) is 4.78. The van der Waals surface area contributed by atoms with Crippen LogP contribution in [0.1, 0.15) is 11.1 Å². The summed E-state index contributed by atoms with van der Waals surface area (Å²) in [4.78, 5) is 21.7. The number of non-ortho nitro benzene ring substituents is 1. The molecule has 0 aliphatic carbocycles. The van der Waals surface area contributed by atoms with E-state index in [-0.39, 0.29) is 18.1 Å². The molecule has 1 heterocycles. The van der Waals surface area contributed by atoms with Gasteiger partial charge in [-0.1, -0.05) is 6.07 Å². The van der Waals surface area contributed by atoms with Crippen LogP contribution in [-0.4, -0.2) is 22.8 Å².